The second kappa shape index (κ2) is 8.43. The van der Waals surface area contributed by atoms with Crippen molar-refractivity contribution in [2.24, 2.45) is 0 Å². The maximum atomic E-state index is 11.4. The number of nitrogens with one attached hydrogen (secondary N) is 1. The number of methoxy groups -OCH3 is 2. The standard InChI is InChI=1S/C12H18N2O4/c1-16-5-6-18-9-11(15)14-8-10-3-4-13-12(7-10)17-2/h3-4,7H,5-6,8-9H2,1-2H3,(H,14,15). The fourth-order valence-corrected chi connectivity index (χ4v) is 1.23. The molecule has 0 bridgehead atoms. The highest BCUT2D eigenvalue weighted by Gasteiger charge is 2.02. The van der Waals surface area contributed by atoms with Crippen LogP contribution in [0.15, 0.2) is 18.3 Å². The van der Waals surface area contributed by atoms with Crippen molar-refractivity contribution in [1.82, 2.24) is 10.3 Å². The van der Waals surface area contributed by atoms with E-state index < -0.39 is 0 Å². The first-order valence-electron chi connectivity index (χ1n) is 5.58. The molecular weight excluding hydrogens is 236 g/mol. The minimum Gasteiger partial charge on any atom is -0.481 e. The van der Waals surface area contributed by atoms with Gasteiger partial charge in [-0.15, -0.1) is 0 Å². The summed E-state index contributed by atoms with van der Waals surface area (Å²) in [7, 11) is 3.13. The molecule has 0 spiro atoms. The zero-order valence-electron chi connectivity index (χ0n) is 10.6. The Morgan fingerprint density at radius 2 is 2.22 bits per heavy atom. The first kappa shape index (κ1) is 14.4. The summed E-state index contributed by atoms with van der Waals surface area (Å²) in [5.74, 6) is 0.361. The van der Waals surface area contributed by atoms with Crippen molar-refractivity contribution < 1.29 is 19.0 Å². The lowest BCUT2D eigenvalue weighted by molar-refractivity contribution is -0.126. The van der Waals surface area contributed by atoms with E-state index in [9.17, 15) is 4.79 Å². The number of pyridine rings is 1. The number of rotatable bonds is 8. The van der Waals surface area contributed by atoms with Gasteiger partial charge < -0.3 is 19.5 Å². The quantitative estimate of drug-likeness (QED) is 0.679. The lowest BCUT2D eigenvalue weighted by atomic mass is 10.2. The van der Waals surface area contributed by atoms with E-state index >= 15 is 0 Å². The Kier molecular flexibility index (Phi) is 6.75. The lowest BCUT2D eigenvalue weighted by Crippen LogP contribution is -2.27. The van der Waals surface area contributed by atoms with Gasteiger partial charge in [-0.25, -0.2) is 4.98 Å². The Labute approximate surface area is 106 Å². The fourth-order valence-electron chi connectivity index (χ4n) is 1.23. The third-order valence-electron chi connectivity index (χ3n) is 2.16. The Morgan fingerprint density at radius 1 is 1.39 bits per heavy atom. The molecule has 18 heavy (non-hydrogen) atoms. The number of ether oxygens (including phenoxy) is 3. The summed E-state index contributed by atoms with van der Waals surface area (Å²) < 4.78 is 14.9. The van der Waals surface area contributed by atoms with Crippen LogP contribution in [0.4, 0.5) is 0 Å². The molecule has 1 heterocycles. The largest absolute Gasteiger partial charge is 0.481 e. The van der Waals surface area contributed by atoms with Crippen LogP contribution >= 0.6 is 0 Å². The van der Waals surface area contributed by atoms with Gasteiger partial charge in [0.15, 0.2) is 0 Å². The van der Waals surface area contributed by atoms with Gasteiger partial charge in [-0.3, -0.25) is 4.79 Å². The molecule has 1 aromatic heterocycles. The van der Waals surface area contributed by atoms with Gasteiger partial charge in [-0.2, -0.15) is 0 Å². The highest BCUT2D eigenvalue weighted by Crippen LogP contribution is 2.07. The molecule has 0 aliphatic rings. The third kappa shape index (κ3) is 5.60. The fraction of sp³-hybridized carbons (Fsp3) is 0.500. The second-order valence-corrected chi connectivity index (χ2v) is 3.53. The summed E-state index contributed by atoms with van der Waals surface area (Å²) in [6, 6.07) is 3.58. The van der Waals surface area contributed by atoms with Crippen molar-refractivity contribution in [3.05, 3.63) is 23.9 Å². The van der Waals surface area contributed by atoms with E-state index in [-0.39, 0.29) is 12.5 Å². The number of aromatic nitrogens is 1. The highest BCUT2D eigenvalue weighted by atomic mass is 16.5. The van der Waals surface area contributed by atoms with E-state index in [4.69, 9.17) is 14.2 Å². The Hall–Kier alpha value is -1.66. The van der Waals surface area contributed by atoms with E-state index in [2.05, 4.69) is 10.3 Å². The van der Waals surface area contributed by atoms with Crippen LogP contribution in [0.1, 0.15) is 5.56 Å². The Bertz CT molecular complexity index is 371. The van der Waals surface area contributed by atoms with E-state index in [0.717, 1.165) is 5.56 Å². The summed E-state index contributed by atoms with van der Waals surface area (Å²) in [4.78, 5) is 15.4. The molecular formula is C12H18N2O4. The smallest absolute Gasteiger partial charge is 0.246 e. The molecule has 1 aromatic rings. The molecule has 0 saturated heterocycles. The summed E-state index contributed by atoms with van der Waals surface area (Å²) >= 11 is 0. The lowest BCUT2D eigenvalue weighted by Gasteiger charge is -2.07. The average Bonchev–Trinajstić information content (AvgIpc) is 2.41. The van der Waals surface area contributed by atoms with Crippen LogP contribution < -0.4 is 10.1 Å². The predicted molar refractivity (Wildman–Crippen MR) is 65.3 cm³/mol. The number of amides is 1. The molecule has 1 rings (SSSR count). The summed E-state index contributed by atoms with van der Waals surface area (Å²) in [6.45, 7) is 1.35. The average molecular weight is 254 g/mol. The molecule has 0 unspecified atom stereocenters. The number of carbonyl (C=O) groups is 1. The van der Waals surface area contributed by atoms with Crippen LogP contribution in [0.2, 0.25) is 0 Å². The van der Waals surface area contributed by atoms with Crippen LogP contribution in [0.3, 0.4) is 0 Å². The molecule has 6 nitrogen and oxygen atoms in total. The molecule has 0 saturated carbocycles. The van der Waals surface area contributed by atoms with Crippen molar-refractivity contribution in [2.75, 3.05) is 34.0 Å². The minimum atomic E-state index is -0.165. The summed E-state index contributed by atoms with van der Waals surface area (Å²) in [6.07, 6.45) is 1.63. The highest BCUT2D eigenvalue weighted by molar-refractivity contribution is 5.77. The van der Waals surface area contributed by atoms with Crippen LogP contribution in [0.5, 0.6) is 5.88 Å². The topological polar surface area (TPSA) is 69.7 Å². The summed E-state index contributed by atoms with van der Waals surface area (Å²) in [5, 5.41) is 2.74. The minimum absolute atomic E-state index is 0.0333. The molecule has 0 aromatic carbocycles. The monoisotopic (exact) mass is 254 g/mol. The predicted octanol–water partition coefficient (Wildman–Crippen LogP) is 0.369. The Balaban J connectivity index is 2.24. The van der Waals surface area contributed by atoms with E-state index in [1.165, 1.54) is 0 Å². The molecule has 0 radical (unpaired) electrons. The third-order valence-corrected chi connectivity index (χ3v) is 2.16. The van der Waals surface area contributed by atoms with Gasteiger partial charge in [-0.1, -0.05) is 0 Å². The van der Waals surface area contributed by atoms with Gasteiger partial charge >= 0.3 is 0 Å². The van der Waals surface area contributed by atoms with E-state index in [1.807, 2.05) is 6.07 Å². The van der Waals surface area contributed by atoms with Gasteiger partial charge in [-0.05, 0) is 11.6 Å². The van der Waals surface area contributed by atoms with Crippen molar-refractivity contribution >= 4 is 5.91 Å². The van der Waals surface area contributed by atoms with Crippen LogP contribution in [0, 0.1) is 0 Å². The zero-order valence-corrected chi connectivity index (χ0v) is 10.6. The van der Waals surface area contributed by atoms with Crippen molar-refractivity contribution in [3.8, 4) is 5.88 Å². The number of carbonyl (C=O) groups excluding carboxylic acids is 1. The number of hydrogen-bond donors (Lipinski definition) is 1. The van der Waals surface area contributed by atoms with Gasteiger partial charge in [0.2, 0.25) is 11.8 Å². The van der Waals surface area contributed by atoms with Crippen LogP contribution in [-0.4, -0.2) is 44.9 Å². The first-order chi connectivity index (χ1) is 8.76. The summed E-state index contributed by atoms with van der Waals surface area (Å²) in [5.41, 5.74) is 0.923. The van der Waals surface area contributed by atoms with E-state index in [0.29, 0.717) is 25.6 Å². The molecule has 1 amide bonds. The van der Waals surface area contributed by atoms with Crippen LogP contribution in [-0.2, 0) is 20.8 Å². The van der Waals surface area contributed by atoms with E-state index in [1.54, 1.807) is 26.5 Å². The normalized spacial score (nSPS) is 10.1. The molecule has 0 atom stereocenters. The molecule has 100 valence electrons. The number of nitrogens with zero attached hydrogens (tertiary/aromatic N) is 1. The van der Waals surface area contributed by atoms with Crippen molar-refractivity contribution in [3.63, 3.8) is 0 Å². The number of hydrogen-bond acceptors (Lipinski definition) is 5. The maximum absolute atomic E-state index is 11.4. The van der Waals surface area contributed by atoms with Gasteiger partial charge in [0, 0.05) is 25.9 Å². The van der Waals surface area contributed by atoms with Crippen LogP contribution in [0.25, 0.3) is 0 Å². The molecule has 1 N–H and O–H groups in total. The van der Waals surface area contributed by atoms with Crippen molar-refractivity contribution in [1.29, 1.82) is 0 Å². The maximum Gasteiger partial charge on any atom is 0.246 e. The molecule has 0 aliphatic heterocycles. The van der Waals surface area contributed by atoms with Gasteiger partial charge in [0.05, 0.1) is 20.3 Å². The zero-order chi connectivity index (χ0) is 13.2. The molecule has 0 aliphatic carbocycles. The molecule has 0 fully saturated rings. The van der Waals surface area contributed by atoms with Gasteiger partial charge in [0.1, 0.15) is 6.61 Å². The van der Waals surface area contributed by atoms with Crippen molar-refractivity contribution in [2.45, 2.75) is 6.54 Å². The first-order valence-corrected chi connectivity index (χ1v) is 5.58. The van der Waals surface area contributed by atoms with Gasteiger partial charge in [0.25, 0.3) is 0 Å². The second-order valence-electron chi connectivity index (χ2n) is 3.53. The molecule has 6 heteroatoms. The Morgan fingerprint density at radius 3 is 2.94 bits per heavy atom. The SMILES string of the molecule is COCCOCC(=O)NCc1ccnc(OC)c1.